The maximum Gasteiger partial charge on any atom is 0.191 e. The van der Waals surface area contributed by atoms with Crippen LogP contribution in [0.3, 0.4) is 0 Å². The van der Waals surface area contributed by atoms with Gasteiger partial charge in [-0.25, -0.2) is 9.97 Å². The Morgan fingerprint density at radius 3 is 2.71 bits per heavy atom. The molecule has 0 fully saturated rings. The number of nitrogens with zero attached hydrogens (tertiary/aromatic N) is 4. The van der Waals surface area contributed by atoms with Crippen molar-refractivity contribution < 1.29 is 0 Å². The van der Waals surface area contributed by atoms with Crippen molar-refractivity contribution in [2.24, 2.45) is 4.99 Å². The van der Waals surface area contributed by atoms with Crippen molar-refractivity contribution >= 4 is 41.3 Å². The van der Waals surface area contributed by atoms with E-state index in [-0.39, 0.29) is 24.0 Å². The van der Waals surface area contributed by atoms with Gasteiger partial charge in [0.05, 0.1) is 11.6 Å². The summed E-state index contributed by atoms with van der Waals surface area (Å²) in [4.78, 5) is 14.5. The zero-order valence-electron chi connectivity index (χ0n) is 16.3. The molecular weight excluding hydrogens is 483 g/mol. The molecule has 6 nitrogen and oxygen atoms in total. The number of aromatic nitrogens is 3. The summed E-state index contributed by atoms with van der Waals surface area (Å²) in [5.41, 5.74) is 1.26. The first-order valence-electron chi connectivity index (χ1n) is 9.20. The van der Waals surface area contributed by atoms with Gasteiger partial charge < -0.3 is 15.2 Å². The van der Waals surface area contributed by atoms with E-state index in [1.165, 1.54) is 10.4 Å². The van der Waals surface area contributed by atoms with Crippen LogP contribution in [-0.4, -0.2) is 34.1 Å². The van der Waals surface area contributed by atoms with E-state index in [0.29, 0.717) is 6.54 Å². The van der Waals surface area contributed by atoms with Crippen molar-refractivity contribution in [2.75, 3.05) is 13.6 Å². The number of thiazole rings is 1. The molecule has 0 saturated carbocycles. The molecule has 28 heavy (non-hydrogen) atoms. The first kappa shape index (κ1) is 22.4. The number of halogens is 1. The van der Waals surface area contributed by atoms with Crippen LogP contribution >= 0.6 is 35.3 Å². The summed E-state index contributed by atoms with van der Waals surface area (Å²) < 4.78 is 2.15. The van der Waals surface area contributed by atoms with E-state index < -0.39 is 0 Å². The lowest BCUT2D eigenvalue weighted by Crippen LogP contribution is -2.38. The van der Waals surface area contributed by atoms with Gasteiger partial charge in [0.2, 0.25) is 0 Å². The van der Waals surface area contributed by atoms with Crippen molar-refractivity contribution in [3.63, 3.8) is 0 Å². The minimum absolute atomic E-state index is 0. The van der Waals surface area contributed by atoms with Gasteiger partial charge >= 0.3 is 0 Å². The number of imidazole rings is 1. The largest absolute Gasteiger partial charge is 0.356 e. The lowest BCUT2D eigenvalue weighted by Gasteiger charge is -2.12. The van der Waals surface area contributed by atoms with Crippen molar-refractivity contribution in [3.05, 3.63) is 70.2 Å². The van der Waals surface area contributed by atoms with Crippen LogP contribution in [0.1, 0.15) is 28.2 Å². The monoisotopic (exact) mass is 510 g/mol. The summed E-state index contributed by atoms with van der Waals surface area (Å²) in [7, 11) is 1.78. The highest BCUT2D eigenvalue weighted by atomic mass is 127. The number of hydrogen-bond donors (Lipinski definition) is 2. The molecule has 0 aliphatic rings. The van der Waals surface area contributed by atoms with E-state index in [0.717, 1.165) is 42.7 Å². The van der Waals surface area contributed by atoms with Crippen LogP contribution in [0.5, 0.6) is 0 Å². The van der Waals surface area contributed by atoms with E-state index in [9.17, 15) is 0 Å². The van der Waals surface area contributed by atoms with Gasteiger partial charge in [-0.2, -0.15) is 0 Å². The van der Waals surface area contributed by atoms with Gasteiger partial charge in [-0.3, -0.25) is 4.99 Å². The number of hydrogen-bond acceptors (Lipinski definition) is 4. The molecule has 0 bridgehead atoms. The second-order valence-electron chi connectivity index (χ2n) is 6.13. The van der Waals surface area contributed by atoms with Crippen LogP contribution in [-0.2, 0) is 25.9 Å². The van der Waals surface area contributed by atoms with Crippen LogP contribution in [0.15, 0.2) is 53.9 Å². The molecule has 150 valence electrons. The molecule has 0 radical (unpaired) electrons. The van der Waals surface area contributed by atoms with E-state index in [1.54, 1.807) is 18.4 Å². The highest BCUT2D eigenvalue weighted by molar-refractivity contribution is 14.0. The quantitative estimate of drug-likeness (QED) is 0.277. The summed E-state index contributed by atoms with van der Waals surface area (Å²) in [5.74, 6) is 1.76. The van der Waals surface area contributed by atoms with Crippen molar-refractivity contribution in [2.45, 2.75) is 32.9 Å². The third-order valence-corrected chi connectivity index (χ3v) is 5.42. The summed E-state index contributed by atoms with van der Waals surface area (Å²) in [5, 5.41) is 7.84. The van der Waals surface area contributed by atoms with Crippen molar-refractivity contribution in [1.82, 2.24) is 25.2 Å². The van der Waals surface area contributed by atoms with Crippen LogP contribution in [0.25, 0.3) is 0 Å². The molecule has 0 atom stereocenters. The van der Waals surface area contributed by atoms with Gasteiger partial charge in [-0.1, -0.05) is 37.3 Å². The molecule has 0 unspecified atom stereocenters. The van der Waals surface area contributed by atoms with Crippen LogP contribution in [0, 0.1) is 0 Å². The number of rotatable bonds is 8. The number of benzene rings is 1. The molecule has 2 N–H and O–H groups in total. The second kappa shape index (κ2) is 11.8. The number of guanidine groups is 1. The Hall–Kier alpha value is -1.94. The Morgan fingerprint density at radius 1 is 1.18 bits per heavy atom. The fourth-order valence-electron chi connectivity index (χ4n) is 2.73. The summed E-state index contributed by atoms with van der Waals surface area (Å²) in [6.07, 6.45) is 7.76. The van der Waals surface area contributed by atoms with Crippen LogP contribution in [0.2, 0.25) is 0 Å². The Bertz CT molecular complexity index is 858. The summed E-state index contributed by atoms with van der Waals surface area (Å²) in [6.45, 7) is 4.39. The SMILES string of the molecule is CCc1cnc(CCNC(=NC)NCc2nccn2Cc2ccccc2)s1.I. The van der Waals surface area contributed by atoms with Gasteiger partial charge in [0.1, 0.15) is 5.82 Å². The zero-order chi connectivity index (χ0) is 18.9. The fraction of sp³-hybridized carbons (Fsp3) is 0.350. The molecule has 0 saturated heterocycles. The molecule has 3 rings (SSSR count). The smallest absolute Gasteiger partial charge is 0.191 e. The summed E-state index contributed by atoms with van der Waals surface area (Å²) in [6, 6.07) is 10.4. The van der Waals surface area contributed by atoms with Gasteiger partial charge in [-0.15, -0.1) is 35.3 Å². The van der Waals surface area contributed by atoms with Gasteiger partial charge in [0.15, 0.2) is 5.96 Å². The first-order chi connectivity index (χ1) is 13.3. The van der Waals surface area contributed by atoms with Gasteiger partial charge in [0.25, 0.3) is 0 Å². The van der Waals surface area contributed by atoms with E-state index in [4.69, 9.17) is 0 Å². The Kier molecular flexibility index (Phi) is 9.42. The number of nitrogens with one attached hydrogen (secondary N) is 2. The molecule has 0 spiro atoms. The van der Waals surface area contributed by atoms with Crippen LogP contribution < -0.4 is 10.6 Å². The number of aryl methyl sites for hydroxylation is 1. The molecular formula is C20H27IN6S. The molecule has 0 amide bonds. The molecule has 3 aromatic rings. The summed E-state index contributed by atoms with van der Waals surface area (Å²) >= 11 is 1.78. The second-order valence-corrected chi connectivity index (χ2v) is 7.33. The lowest BCUT2D eigenvalue weighted by atomic mass is 10.2. The highest BCUT2D eigenvalue weighted by Gasteiger charge is 2.06. The third-order valence-electron chi connectivity index (χ3n) is 4.22. The van der Waals surface area contributed by atoms with Gasteiger partial charge in [0, 0.05) is 50.0 Å². The minimum Gasteiger partial charge on any atom is -0.356 e. The normalized spacial score (nSPS) is 11.1. The maximum absolute atomic E-state index is 4.47. The van der Waals surface area contributed by atoms with Gasteiger partial charge in [-0.05, 0) is 12.0 Å². The Morgan fingerprint density at radius 2 is 2.00 bits per heavy atom. The van der Waals surface area contributed by atoms with E-state index in [1.807, 2.05) is 24.7 Å². The third kappa shape index (κ3) is 6.59. The Labute approximate surface area is 187 Å². The van der Waals surface area contributed by atoms with E-state index in [2.05, 4.69) is 61.4 Å². The van der Waals surface area contributed by atoms with Crippen molar-refractivity contribution in [1.29, 1.82) is 0 Å². The fourth-order valence-corrected chi connectivity index (χ4v) is 3.59. The molecule has 1 aromatic carbocycles. The average Bonchev–Trinajstić information content (AvgIpc) is 3.34. The molecule has 0 aliphatic heterocycles. The Balaban J connectivity index is 0.00000280. The molecule has 2 aromatic heterocycles. The van der Waals surface area contributed by atoms with Crippen molar-refractivity contribution in [3.8, 4) is 0 Å². The molecule has 2 heterocycles. The van der Waals surface area contributed by atoms with Crippen LogP contribution in [0.4, 0.5) is 0 Å². The maximum atomic E-state index is 4.47. The zero-order valence-corrected chi connectivity index (χ0v) is 19.4. The molecule has 8 heteroatoms. The predicted molar refractivity (Wildman–Crippen MR) is 127 cm³/mol. The van der Waals surface area contributed by atoms with E-state index >= 15 is 0 Å². The average molecular weight is 510 g/mol. The predicted octanol–water partition coefficient (Wildman–Crippen LogP) is 3.48. The highest BCUT2D eigenvalue weighted by Crippen LogP contribution is 2.13. The number of aliphatic imine (C=N–C) groups is 1. The minimum atomic E-state index is 0. The standard InChI is InChI=1S/C20H26N6S.HI/c1-3-17-13-24-19(27-17)9-10-23-20(21-2)25-14-18-22-11-12-26(18)15-16-7-5-4-6-8-16;/h4-8,11-13H,3,9-10,14-15H2,1-2H3,(H2,21,23,25);1H. The lowest BCUT2D eigenvalue weighted by molar-refractivity contribution is 0.687. The molecule has 0 aliphatic carbocycles. The first-order valence-corrected chi connectivity index (χ1v) is 10.0. The topological polar surface area (TPSA) is 67.1 Å².